The highest BCUT2D eigenvalue weighted by Gasteiger charge is 1.98. The van der Waals surface area contributed by atoms with Gasteiger partial charge in [0.15, 0.2) is 5.65 Å². The van der Waals surface area contributed by atoms with Crippen molar-refractivity contribution in [1.29, 1.82) is 0 Å². The van der Waals surface area contributed by atoms with E-state index >= 15 is 0 Å². The maximum atomic E-state index is 5.53. The molecule has 0 aliphatic rings. The molecule has 0 spiro atoms. The Morgan fingerprint density at radius 1 is 1.09 bits per heavy atom. The van der Waals surface area contributed by atoms with Crippen LogP contribution < -0.4 is 5.73 Å². The number of nitrogen functional groups attached to an aromatic ring is 1. The Morgan fingerprint density at radius 2 is 1.91 bits per heavy atom. The molecule has 0 aliphatic heterocycles. The fourth-order valence-electron chi connectivity index (χ4n) is 0.822. The quantitative estimate of drug-likeness (QED) is 0.567. The van der Waals surface area contributed by atoms with Crippen LogP contribution in [0.15, 0.2) is 18.9 Å². The molecular formula is C6H5N5. The van der Waals surface area contributed by atoms with E-state index in [1.165, 1.54) is 12.7 Å². The Morgan fingerprint density at radius 3 is 2.73 bits per heavy atom. The largest absolute Gasteiger partial charge is 0.383 e. The predicted octanol–water partition coefficient (Wildman–Crippen LogP) is 0.00200. The lowest BCUT2D eigenvalue weighted by atomic mass is 10.4. The Bertz CT molecular complexity index is 380. The maximum absolute atomic E-state index is 5.53. The minimum absolute atomic E-state index is 0.413. The first-order valence-electron chi connectivity index (χ1n) is 3.04. The molecule has 54 valence electrons. The minimum Gasteiger partial charge on any atom is -0.383 e. The number of nitrogens with two attached hydrogens (primary N) is 1. The summed E-state index contributed by atoms with van der Waals surface area (Å²) in [5.74, 6) is 0.413. The van der Waals surface area contributed by atoms with E-state index in [0.29, 0.717) is 16.9 Å². The molecule has 0 fully saturated rings. The standard InChI is InChI=1S/C6H5N5/c7-5-4-1-8-2-10-6(4)11-3-9-5/h1-3H,(H2,7,8,9,10,11). The van der Waals surface area contributed by atoms with Crippen LogP contribution in [-0.4, -0.2) is 19.9 Å². The van der Waals surface area contributed by atoms with Crippen LogP contribution in [0, 0.1) is 0 Å². The Labute approximate surface area is 62.3 Å². The summed E-state index contributed by atoms with van der Waals surface area (Å²) in [4.78, 5) is 15.4. The van der Waals surface area contributed by atoms with Crippen molar-refractivity contribution in [3.63, 3.8) is 0 Å². The summed E-state index contributed by atoms with van der Waals surface area (Å²) in [5.41, 5.74) is 6.10. The number of aromatic nitrogens is 4. The van der Waals surface area contributed by atoms with Crippen LogP contribution >= 0.6 is 0 Å². The third-order valence-electron chi connectivity index (χ3n) is 1.34. The van der Waals surface area contributed by atoms with Crippen LogP contribution in [0.1, 0.15) is 0 Å². The van der Waals surface area contributed by atoms with Gasteiger partial charge in [0.2, 0.25) is 0 Å². The van der Waals surface area contributed by atoms with E-state index in [1.54, 1.807) is 6.20 Å². The molecule has 5 heteroatoms. The van der Waals surface area contributed by atoms with Gasteiger partial charge in [-0.2, -0.15) is 0 Å². The van der Waals surface area contributed by atoms with Gasteiger partial charge in [-0.3, -0.25) is 0 Å². The van der Waals surface area contributed by atoms with Crippen molar-refractivity contribution in [2.45, 2.75) is 0 Å². The van der Waals surface area contributed by atoms with Gasteiger partial charge in [0.1, 0.15) is 18.5 Å². The van der Waals surface area contributed by atoms with Crippen molar-refractivity contribution in [1.82, 2.24) is 19.9 Å². The average Bonchev–Trinajstić information content (AvgIpc) is 2.06. The first-order chi connectivity index (χ1) is 5.38. The second-order valence-corrected chi connectivity index (χ2v) is 2.02. The smallest absolute Gasteiger partial charge is 0.167 e. The number of hydrogen-bond acceptors (Lipinski definition) is 5. The van der Waals surface area contributed by atoms with E-state index in [0.717, 1.165) is 0 Å². The van der Waals surface area contributed by atoms with Crippen molar-refractivity contribution in [3.05, 3.63) is 18.9 Å². The second-order valence-electron chi connectivity index (χ2n) is 2.02. The average molecular weight is 147 g/mol. The Balaban J connectivity index is 2.91. The zero-order chi connectivity index (χ0) is 7.68. The van der Waals surface area contributed by atoms with Gasteiger partial charge in [-0.15, -0.1) is 0 Å². The van der Waals surface area contributed by atoms with Crippen LogP contribution in [-0.2, 0) is 0 Å². The van der Waals surface area contributed by atoms with E-state index in [4.69, 9.17) is 5.73 Å². The first kappa shape index (κ1) is 5.96. The van der Waals surface area contributed by atoms with Crippen LogP contribution in [0.25, 0.3) is 11.0 Å². The molecule has 0 amide bonds. The highest BCUT2D eigenvalue weighted by atomic mass is 15.0. The molecule has 0 unspecified atom stereocenters. The highest BCUT2D eigenvalue weighted by Crippen LogP contribution is 2.10. The third kappa shape index (κ3) is 0.861. The lowest BCUT2D eigenvalue weighted by molar-refractivity contribution is 1.14. The Kier molecular flexibility index (Phi) is 1.15. The summed E-state index contributed by atoms with van der Waals surface area (Å²) < 4.78 is 0. The topological polar surface area (TPSA) is 77.6 Å². The fraction of sp³-hybridized carbons (Fsp3) is 0. The molecule has 0 saturated carbocycles. The van der Waals surface area contributed by atoms with Gasteiger partial charge >= 0.3 is 0 Å². The van der Waals surface area contributed by atoms with Gasteiger partial charge in [0.25, 0.3) is 0 Å². The van der Waals surface area contributed by atoms with Gasteiger partial charge in [-0.1, -0.05) is 0 Å². The zero-order valence-corrected chi connectivity index (χ0v) is 5.60. The SMILES string of the molecule is Nc1ncnc2ncncc12. The highest BCUT2D eigenvalue weighted by molar-refractivity contribution is 5.83. The molecular weight excluding hydrogens is 142 g/mol. The van der Waals surface area contributed by atoms with E-state index in [-0.39, 0.29) is 0 Å². The molecule has 2 heterocycles. The molecule has 0 atom stereocenters. The van der Waals surface area contributed by atoms with Gasteiger partial charge in [0, 0.05) is 6.20 Å². The number of fused-ring (bicyclic) bond motifs is 1. The van der Waals surface area contributed by atoms with Crippen LogP contribution in [0.4, 0.5) is 5.82 Å². The summed E-state index contributed by atoms with van der Waals surface area (Å²) in [6.07, 6.45) is 4.40. The van der Waals surface area contributed by atoms with Crippen LogP contribution in [0.2, 0.25) is 0 Å². The molecule has 0 bridgehead atoms. The Hall–Kier alpha value is -1.78. The fourth-order valence-corrected chi connectivity index (χ4v) is 0.822. The summed E-state index contributed by atoms with van der Waals surface area (Å²) >= 11 is 0. The predicted molar refractivity (Wildman–Crippen MR) is 39.5 cm³/mol. The lowest BCUT2D eigenvalue weighted by Crippen LogP contribution is -1.94. The third-order valence-corrected chi connectivity index (χ3v) is 1.34. The monoisotopic (exact) mass is 147 g/mol. The molecule has 11 heavy (non-hydrogen) atoms. The first-order valence-corrected chi connectivity index (χ1v) is 3.04. The molecule has 0 aromatic carbocycles. The summed E-state index contributed by atoms with van der Waals surface area (Å²) in [7, 11) is 0. The minimum atomic E-state index is 0.413. The van der Waals surface area contributed by atoms with E-state index in [1.807, 2.05) is 0 Å². The van der Waals surface area contributed by atoms with E-state index in [9.17, 15) is 0 Å². The summed E-state index contributed by atoms with van der Waals surface area (Å²) in [5, 5.41) is 0.690. The van der Waals surface area contributed by atoms with Crippen molar-refractivity contribution in [2.75, 3.05) is 5.73 Å². The van der Waals surface area contributed by atoms with Crippen LogP contribution in [0.5, 0.6) is 0 Å². The molecule has 2 aromatic rings. The molecule has 2 aromatic heterocycles. The summed E-state index contributed by atoms with van der Waals surface area (Å²) in [6.45, 7) is 0. The van der Waals surface area contributed by atoms with Gasteiger partial charge in [-0.25, -0.2) is 19.9 Å². The van der Waals surface area contributed by atoms with Crippen LogP contribution in [0.3, 0.4) is 0 Å². The number of nitrogens with zero attached hydrogens (tertiary/aromatic N) is 4. The van der Waals surface area contributed by atoms with Gasteiger partial charge < -0.3 is 5.73 Å². The molecule has 2 rings (SSSR count). The van der Waals surface area contributed by atoms with Crippen molar-refractivity contribution < 1.29 is 0 Å². The van der Waals surface area contributed by atoms with E-state index in [2.05, 4.69) is 19.9 Å². The van der Waals surface area contributed by atoms with Gasteiger partial charge in [0.05, 0.1) is 5.39 Å². The zero-order valence-electron chi connectivity index (χ0n) is 5.60. The maximum Gasteiger partial charge on any atom is 0.167 e. The second kappa shape index (κ2) is 2.12. The van der Waals surface area contributed by atoms with Gasteiger partial charge in [-0.05, 0) is 0 Å². The number of hydrogen-bond donors (Lipinski definition) is 1. The lowest BCUT2D eigenvalue weighted by Gasteiger charge is -1.95. The normalized spacial score (nSPS) is 10.2. The van der Waals surface area contributed by atoms with Crippen molar-refractivity contribution in [2.24, 2.45) is 0 Å². The molecule has 0 saturated heterocycles. The molecule has 5 nitrogen and oxygen atoms in total. The molecule has 2 N–H and O–H groups in total. The molecule has 0 radical (unpaired) electrons. The number of anilines is 1. The number of rotatable bonds is 0. The van der Waals surface area contributed by atoms with Crippen molar-refractivity contribution in [3.8, 4) is 0 Å². The summed E-state index contributed by atoms with van der Waals surface area (Å²) in [6, 6.07) is 0. The molecule has 0 aliphatic carbocycles. The van der Waals surface area contributed by atoms with Crippen molar-refractivity contribution >= 4 is 16.9 Å². The van der Waals surface area contributed by atoms with E-state index < -0.39 is 0 Å².